The first-order chi connectivity index (χ1) is 7.31. The van der Waals surface area contributed by atoms with Crippen molar-refractivity contribution in [2.45, 2.75) is 0 Å². The van der Waals surface area contributed by atoms with Crippen LogP contribution in [0, 0.1) is 11.3 Å². The van der Waals surface area contributed by atoms with E-state index in [0.717, 1.165) is 30.3 Å². The number of hydrogen-bond acceptors (Lipinski definition) is 3. The first-order valence-electron chi connectivity index (χ1n) is 4.83. The van der Waals surface area contributed by atoms with Crippen LogP contribution >= 0.6 is 23.4 Å². The van der Waals surface area contributed by atoms with Gasteiger partial charge in [0.15, 0.2) is 0 Å². The summed E-state index contributed by atoms with van der Waals surface area (Å²) in [6.45, 7) is 2.12. The van der Waals surface area contributed by atoms with Crippen molar-refractivity contribution in [2.24, 2.45) is 0 Å². The molecule has 0 aromatic heterocycles. The Balaban J connectivity index is 2.22. The molecule has 1 aliphatic heterocycles. The molecular formula is C11H11ClN2S. The lowest BCUT2D eigenvalue weighted by Gasteiger charge is -2.28. The fraction of sp³-hybridized carbons (Fsp3) is 0.364. The Morgan fingerprint density at radius 2 is 2.07 bits per heavy atom. The van der Waals surface area contributed by atoms with Crippen LogP contribution in [0.2, 0.25) is 5.02 Å². The van der Waals surface area contributed by atoms with Gasteiger partial charge in [-0.3, -0.25) is 0 Å². The van der Waals surface area contributed by atoms with Gasteiger partial charge in [0.1, 0.15) is 6.07 Å². The van der Waals surface area contributed by atoms with Gasteiger partial charge in [0.05, 0.1) is 10.6 Å². The summed E-state index contributed by atoms with van der Waals surface area (Å²) >= 11 is 7.97. The molecule has 1 heterocycles. The largest absolute Gasteiger partial charge is 0.370 e. The molecule has 0 N–H and O–H groups in total. The van der Waals surface area contributed by atoms with E-state index in [1.165, 1.54) is 0 Å². The number of benzene rings is 1. The van der Waals surface area contributed by atoms with Gasteiger partial charge >= 0.3 is 0 Å². The fourth-order valence-corrected chi connectivity index (χ4v) is 2.73. The van der Waals surface area contributed by atoms with Crippen molar-refractivity contribution in [3.8, 4) is 6.07 Å². The molecule has 4 heteroatoms. The van der Waals surface area contributed by atoms with Crippen LogP contribution in [0.1, 0.15) is 5.56 Å². The molecule has 0 spiro atoms. The van der Waals surface area contributed by atoms with E-state index in [0.29, 0.717) is 10.6 Å². The normalized spacial score (nSPS) is 16.1. The highest BCUT2D eigenvalue weighted by atomic mass is 35.5. The monoisotopic (exact) mass is 238 g/mol. The Kier molecular flexibility index (Phi) is 3.40. The number of anilines is 1. The van der Waals surface area contributed by atoms with Gasteiger partial charge in [-0.25, -0.2) is 0 Å². The van der Waals surface area contributed by atoms with Crippen LogP contribution < -0.4 is 4.90 Å². The van der Waals surface area contributed by atoms with E-state index in [1.807, 2.05) is 23.9 Å². The zero-order chi connectivity index (χ0) is 10.7. The predicted molar refractivity (Wildman–Crippen MR) is 65.7 cm³/mol. The Morgan fingerprint density at radius 3 is 2.67 bits per heavy atom. The van der Waals surface area contributed by atoms with Crippen molar-refractivity contribution < 1.29 is 0 Å². The number of rotatable bonds is 1. The zero-order valence-corrected chi connectivity index (χ0v) is 9.81. The summed E-state index contributed by atoms with van der Waals surface area (Å²) in [5.74, 6) is 2.33. The van der Waals surface area contributed by atoms with Gasteiger partial charge in [0.2, 0.25) is 0 Å². The molecular weight excluding hydrogens is 228 g/mol. The number of nitrogens with zero attached hydrogens (tertiary/aromatic N) is 2. The first kappa shape index (κ1) is 10.7. The molecule has 78 valence electrons. The molecule has 2 rings (SSSR count). The van der Waals surface area contributed by atoms with Crippen LogP contribution in [-0.2, 0) is 0 Å². The van der Waals surface area contributed by atoms with Crippen LogP contribution in [0.15, 0.2) is 18.2 Å². The van der Waals surface area contributed by atoms with Crippen molar-refractivity contribution in [3.05, 3.63) is 28.8 Å². The molecule has 0 aliphatic carbocycles. The maximum atomic E-state index is 8.77. The molecule has 1 fully saturated rings. The van der Waals surface area contributed by atoms with Crippen molar-refractivity contribution >= 4 is 29.1 Å². The number of nitriles is 1. The van der Waals surface area contributed by atoms with Crippen LogP contribution in [0.3, 0.4) is 0 Å². The molecule has 0 radical (unpaired) electrons. The molecule has 0 bridgehead atoms. The van der Waals surface area contributed by atoms with E-state index in [4.69, 9.17) is 16.9 Å². The quantitative estimate of drug-likeness (QED) is 0.753. The lowest BCUT2D eigenvalue weighted by atomic mass is 10.2. The lowest BCUT2D eigenvalue weighted by molar-refractivity contribution is 0.859. The lowest BCUT2D eigenvalue weighted by Crippen LogP contribution is -2.32. The van der Waals surface area contributed by atoms with Crippen LogP contribution in [-0.4, -0.2) is 24.6 Å². The van der Waals surface area contributed by atoms with Gasteiger partial charge in [-0.1, -0.05) is 11.6 Å². The number of hydrogen-bond donors (Lipinski definition) is 0. The zero-order valence-electron chi connectivity index (χ0n) is 8.24. The summed E-state index contributed by atoms with van der Waals surface area (Å²) in [5.41, 5.74) is 1.67. The smallest absolute Gasteiger partial charge is 0.101 e. The van der Waals surface area contributed by atoms with E-state index in [-0.39, 0.29) is 0 Å². The molecule has 1 aromatic carbocycles. The van der Waals surface area contributed by atoms with E-state index in [2.05, 4.69) is 11.0 Å². The molecule has 15 heavy (non-hydrogen) atoms. The molecule has 1 aromatic rings. The highest BCUT2D eigenvalue weighted by Crippen LogP contribution is 2.25. The second kappa shape index (κ2) is 4.78. The number of halogens is 1. The van der Waals surface area contributed by atoms with E-state index in [1.54, 1.807) is 6.07 Å². The molecule has 0 saturated carbocycles. The maximum Gasteiger partial charge on any atom is 0.101 e. The molecule has 1 aliphatic rings. The highest BCUT2D eigenvalue weighted by Gasteiger charge is 2.12. The molecule has 0 unspecified atom stereocenters. The second-order valence-electron chi connectivity index (χ2n) is 3.38. The summed E-state index contributed by atoms with van der Waals surface area (Å²) < 4.78 is 0. The van der Waals surface area contributed by atoms with Crippen molar-refractivity contribution in [1.29, 1.82) is 5.26 Å². The van der Waals surface area contributed by atoms with Gasteiger partial charge in [-0.05, 0) is 18.2 Å². The molecule has 0 atom stereocenters. The fourth-order valence-electron chi connectivity index (χ4n) is 1.61. The van der Waals surface area contributed by atoms with Crippen LogP contribution in [0.5, 0.6) is 0 Å². The minimum atomic E-state index is 0.548. The Bertz CT molecular complexity index is 394. The molecule has 0 amide bonds. The van der Waals surface area contributed by atoms with Crippen molar-refractivity contribution in [3.63, 3.8) is 0 Å². The Labute approximate surface area is 98.8 Å². The first-order valence-corrected chi connectivity index (χ1v) is 6.37. The maximum absolute atomic E-state index is 8.77. The standard InChI is InChI=1S/C11H11ClN2S/c12-11-7-10(2-1-9(11)8-13)14-3-5-15-6-4-14/h1-2,7H,3-6H2. The van der Waals surface area contributed by atoms with Gasteiger partial charge in [0, 0.05) is 30.3 Å². The number of thioether (sulfide) groups is 1. The van der Waals surface area contributed by atoms with E-state index < -0.39 is 0 Å². The summed E-state index contributed by atoms with van der Waals surface area (Å²) in [7, 11) is 0. The average Bonchev–Trinajstić information content (AvgIpc) is 2.30. The Morgan fingerprint density at radius 1 is 1.33 bits per heavy atom. The Hall–Kier alpha value is -0.850. The topological polar surface area (TPSA) is 27.0 Å². The molecule has 2 nitrogen and oxygen atoms in total. The average molecular weight is 239 g/mol. The van der Waals surface area contributed by atoms with E-state index >= 15 is 0 Å². The van der Waals surface area contributed by atoms with Gasteiger partial charge in [-0.15, -0.1) is 0 Å². The third-order valence-corrected chi connectivity index (χ3v) is 3.70. The summed E-state index contributed by atoms with van der Waals surface area (Å²) in [5, 5.41) is 9.32. The summed E-state index contributed by atoms with van der Waals surface area (Å²) in [6, 6.07) is 7.72. The third-order valence-electron chi connectivity index (χ3n) is 2.45. The van der Waals surface area contributed by atoms with Gasteiger partial charge in [0.25, 0.3) is 0 Å². The minimum absolute atomic E-state index is 0.548. The summed E-state index contributed by atoms with van der Waals surface area (Å²) in [4.78, 5) is 2.31. The van der Waals surface area contributed by atoms with Crippen molar-refractivity contribution in [1.82, 2.24) is 0 Å². The SMILES string of the molecule is N#Cc1ccc(N2CCSCC2)cc1Cl. The van der Waals surface area contributed by atoms with Crippen LogP contribution in [0.4, 0.5) is 5.69 Å². The third kappa shape index (κ3) is 2.39. The van der Waals surface area contributed by atoms with Crippen molar-refractivity contribution in [2.75, 3.05) is 29.5 Å². The van der Waals surface area contributed by atoms with E-state index in [9.17, 15) is 0 Å². The highest BCUT2D eigenvalue weighted by molar-refractivity contribution is 7.99. The minimum Gasteiger partial charge on any atom is -0.370 e. The van der Waals surface area contributed by atoms with Gasteiger partial charge in [-0.2, -0.15) is 17.0 Å². The predicted octanol–water partition coefficient (Wildman–Crippen LogP) is 2.76. The van der Waals surface area contributed by atoms with Gasteiger partial charge < -0.3 is 4.90 Å². The molecule has 1 saturated heterocycles. The second-order valence-corrected chi connectivity index (χ2v) is 5.01. The summed E-state index contributed by atoms with van der Waals surface area (Å²) in [6.07, 6.45) is 0. The van der Waals surface area contributed by atoms with Crippen LogP contribution in [0.25, 0.3) is 0 Å².